The monoisotopic (exact) mass is 251 g/mol. The van der Waals surface area contributed by atoms with E-state index in [4.69, 9.17) is 0 Å². The molecule has 0 spiro atoms. The molecule has 0 N–H and O–H groups in total. The SMILES string of the molecule is Cc1nc2sc(C(=O)N(C)C)c(C)n2c1C=O. The minimum atomic E-state index is -0.0625. The molecule has 5 nitrogen and oxygen atoms in total. The van der Waals surface area contributed by atoms with Crippen molar-refractivity contribution in [2.24, 2.45) is 0 Å². The third-order valence-corrected chi connectivity index (χ3v) is 3.77. The van der Waals surface area contributed by atoms with Crippen LogP contribution in [0, 0.1) is 13.8 Å². The quantitative estimate of drug-likeness (QED) is 0.760. The lowest BCUT2D eigenvalue weighted by Crippen LogP contribution is -2.21. The molecule has 0 fully saturated rings. The lowest BCUT2D eigenvalue weighted by atomic mass is 10.3. The van der Waals surface area contributed by atoms with Gasteiger partial charge in [-0.25, -0.2) is 4.98 Å². The number of carbonyl (C=O) groups excluding carboxylic acids is 2. The first-order valence-electron chi connectivity index (χ1n) is 5.12. The van der Waals surface area contributed by atoms with Gasteiger partial charge in [-0.2, -0.15) is 0 Å². The fraction of sp³-hybridized carbons (Fsp3) is 0.364. The molecule has 0 radical (unpaired) electrons. The van der Waals surface area contributed by atoms with Crippen molar-refractivity contribution < 1.29 is 9.59 Å². The maximum Gasteiger partial charge on any atom is 0.265 e. The normalized spacial score (nSPS) is 10.8. The van der Waals surface area contributed by atoms with Crippen molar-refractivity contribution in [1.82, 2.24) is 14.3 Å². The molecule has 0 saturated heterocycles. The van der Waals surface area contributed by atoms with Crippen molar-refractivity contribution in [2.45, 2.75) is 13.8 Å². The molecule has 6 heteroatoms. The first-order valence-corrected chi connectivity index (χ1v) is 5.94. The number of hydrogen-bond donors (Lipinski definition) is 0. The molecule has 0 atom stereocenters. The maximum atomic E-state index is 11.9. The molecular formula is C11H13N3O2S. The van der Waals surface area contributed by atoms with Gasteiger partial charge in [0.2, 0.25) is 0 Å². The Labute approximate surface area is 103 Å². The van der Waals surface area contributed by atoms with E-state index in [1.54, 1.807) is 25.4 Å². The molecule has 2 aromatic heterocycles. The smallest absolute Gasteiger partial charge is 0.265 e. The van der Waals surface area contributed by atoms with Crippen LogP contribution >= 0.6 is 11.3 Å². The Balaban J connectivity index is 2.71. The van der Waals surface area contributed by atoms with E-state index >= 15 is 0 Å². The van der Waals surface area contributed by atoms with E-state index in [2.05, 4.69) is 4.98 Å². The van der Waals surface area contributed by atoms with E-state index in [1.807, 2.05) is 6.92 Å². The second kappa shape index (κ2) is 3.96. The summed E-state index contributed by atoms with van der Waals surface area (Å²) in [5.41, 5.74) is 1.98. The summed E-state index contributed by atoms with van der Waals surface area (Å²) in [5, 5.41) is 0. The predicted molar refractivity (Wildman–Crippen MR) is 65.9 cm³/mol. The summed E-state index contributed by atoms with van der Waals surface area (Å²) in [5.74, 6) is -0.0625. The highest BCUT2D eigenvalue weighted by Crippen LogP contribution is 2.25. The van der Waals surface area contributed by atoms with Gasteiger partial charge in [-0.05, 0) is 13.8 Å². The first kappa shape index (κ1) is 11.8. The van der Waals surface area contributed by atoms with Gasteiger partial charge in [-0.3, -0.25) is 14.0 Å². The predicted octanol–water partition coefficient (Wildman–Crippen LogP) is 1.53. The molecule has 0 bridgehead atoms. The van der Waals surface area contributed by atoms with Crippen molar-refractivity contribution >= 4 is 28.5 Å². The van der Waals surface area contributed by atoms with Crippen LogP contribution in [0.2, 0.25) is 0 Å². The number of carbonyl (C=O) groups is 2. The molecule has 0 aliphatic heterocycles. The Morgan fingerprint density at radius 3 is 2.59 bits per heavy atom. The maximum absolute atomic E-state index is 11.9. The second-order valence-corrected chi connectivity index (χ2v) is 5.01. The third kappa shape index (κ3) is 1.64. The van der Waals surface area contributed by atoms with Crippen LogP contribution in [0.1, 0.15) is 31.5 Å². The number of imidazole rings is 1. The minimum Gasteiger partial charge on any atom is -0.344 e. The number of aryl methyl sites for hydroxylation is 2. The van der Waals surface area contributed by atoms with Crippen LogP contribution in [0.5, 0.6) is 0 Å². The van der Waals surface area contributed by atoms with Gasteiger partial charge >= 0.3 is 0 Å². The van der Waals surface area contributed by atoms with Gasteiger partial charge in [0.15, 0.2) is 11.2 Å². The number of nitrogens with zero attached hydrogens (tertiary/aromatic N) is 3. The summed E-state index contributed by atoms with van der Waals surface area (Å²) in [6, 6.07) is 0. The van der Waals surface area contributed by atoms with Crippen molar-refractivity contribution in [1.29, 1.82) is 0 Å². The Morgan fingerprint density at radius 2 is 2.06 bits per heavy atom. The molecule has 0 aliphatic rings. The lowest BCUT2D eigenvalue weighted by molar-refractivity contribution is 0.0831. The van der Waals surface area contributed by atoms with Crippen LogP contribution in [0.4, 0.5) is 0 Å². The van der Waals surface area contributed by atoms with E-state index in [0.29, 0.717) is 21.2 Å². The molecule has 2 heterocycles. The van der Waals surface area contributed by atoms with Gasteiger partial charge in [-0.15, -0.1) is 0 Å². The van der Waals surface area contributed by atoms with Crippen LogP contribution in [0.15, 0.2) is 0 Å². The van der Waals surface area contributed by atoms with Crippen LogP contribution in [0.25, 0.3) is 4.96 Å². The summed E-state index contributed by atoms with van der Waals surface area (Å²) in [4.78, 5) is 30.1. The van der Waals surface area contributed by atoms with E-state index in [0.717, 1.165) is 12.0 Å². The van der Waals surface area contributed by atoms with E-state index in [1.165, 1.54) is 16.2 Å². The average molecular weight is 251 g/mol. The zero-order chi connectivity index (χ0) is 12.7. The van der Waals surface area contributed by atoms with Crippen LogP contribution in [0.3, 0.4) is 0 Å². The van der Waals surface area contributed by atoms with Gasteiger partial charge in [0.25, 0.3) is 5.91 Å². The van der Waals surface area contributed by atoms with E-state index in [-0.39, 0.29) is 5.91 Å². The van der Waals surface area contributed by atoms with Gasteiger partial charge in [0.05, 0.1) is 5.69 Å². The number of aldehydes is 1. The van der Waals surface area contributed by atoms with Crippen molar-refractivity contribution in [3.63, 3.8) is 0 Å². The molecular weight excluding hydrogens is 238 g/mol. The van der Waals surface area contributed by atoms with Crippen LogP contribution in [-0.4, -0.2) is 40.6 Å². The molecule has 2 aromatic rings. The molecule has 1 amide bonds. The first-order chi connectivity index (χ1) is 7.97. The summed E-state index contributed by atoms with van der Waals surface area (Å²) in [7, 11) is 3.41. The van der Waals surface area contributed by atoms with Crippen LogP contribution < -0.4 is 0 Å². The number of hydrogen-bond acceptors (Lipinski definition) is 4. The second-order valence-electron chi connectivity index (χ2n) is 4.03. The number of amides is 1. The lowest BCUT2D eigenvalue weighted by Gasteiger charge is -2.08. The van der Waals surface area contributed by atoms with E-state index < -0.39 is 0 Å². The van der Waals surface area contributed by atoms with Crippen molar-refractivity contribution in [3.05, 3.63) is 22.0 Å². The zero-order valence-electron chi connectivity index (χ0n) is 10.1. The Kier molecular flexibility index (Phi) is 2.74. The minimum absolute atomic E-state index is 0.0625. The number of aromatic nitrogens is 2. The Morgan fingerprint density at radius 1 is 1.41 bits per heavy atom. The highest BCUT2D eigenvalue weighted by molar-refractivity contribution is 7.19. The topological polar surface area (TPSA) is 54.7 Å². The van der Waals surface area contributed by atoms with Crippen molar-refractivity contribution in [2.75, 3.05) is 14.1 Å². The van der Waals surface area contributed by atoms with Gasteiger partial charge in [0, 0.05) is 19.8 Å². The zero-order valence-corrected chi connectivity index (χ0v) is 11.0. The van der Waals surface area contributed by atoms with Crippen LogP contribution in [-0.2, 0) is 0 Å². The summed E-state index contributed by atoms with van der Waals surface area (Å²) in [6.45, 7) is 3.62. The fourth-order valence-electron chi connectivity index (χ4n) is 1.71. The average Bonchev–Trinajstić information content (AvgIpc) is 2.74. The van der Waals surface area contributed by atoms with Gasteiger partial charge in [0.1, 0.15) is 10.6 Å². The summed E-state index contributed by atoms with van der Waals surface area (Å²) >= 11 is 1.31. The Hall–Kier alpha value is -1.69. The Bertz CT molecular complexity index is 610. The van der Waals surface area contributed by atoms with Crippen molar-refractivity contribution in [3.8, 4) is 0 Å². The molecule has 0 aliphatic carbocycles. The third-order valence-electron chi connectivity index (χ3n) is 2.64. The molecule has 17 heavy (non-hydrogen) atoms. The fourth-order valence-corrected chi connectivity index (χ4v) is 2.91. The summed E-state index contributed by atoms with van der Waals surface area (Å²) < 4.78 is 1.74. The highest BCUT2D eigenvalue weighted by atomic mass is 32.1. The van der Waals surface area contributed by atoms with E-state index in [9.17, 15) is 9.59 Å². The number of thiazole rings is 1. The molecule has 0 aromatic carbocycles. The standard InChI is InChI=1S/C11H13N3O2S/c1-6-8(5-15)14-7(2)9(10(16)13(3)4)17-11(14)12-6/h5H,1-4H3. The largest absolute Gasteiger partial charge is 0.344 e. The molecule has 0 saturated carbocycles. The molecule has 0 unspecified atom stereocenters. The van der Waals surface area contributed by atoms with Gasteiger partial charge in [-0.1, -0.05) is 11.3 Å². The summed E-state index contributed by atoms with van der Waals surface area (Å²) in [6.07, 6.45) is 0.777. The van der Waals surface area contributed by atoms with Gasteiger partial charge < -0.3 is 4.90 Å². The number of fused-ring (bicyclic) bond motifs is 1. The highest BCUT2D eigenvalue weighted by Gasteiger charge is 2.21. The molecule has 2 rings (SSSR count). The number of rotatable bonds is 2. The molecule has 90 valence electrons.